The maximum atomic E-state index is 14.1. The van der Waals surface area contributed by atoms with Gasteiger partial charge in [-0.25, -0.2) is 9.18 Å². The van der Waals surface area contributed by atoms with E-state index in [4.69, 9.17) is 5.11 Å². The molecular weight excluding hydrogens is 357 g/mol. The maximum absolute atomic E-state index is 14.1. The van der Waals surface area contributed by atoms with E-state index >= 15 is 0 Å². The van der Waals surface area contributed by atoms with Gasteiger partial charge in [-0.05, 0) is 65.8 Å². The van der Waals surface area contributed by atoms with E-state index in [1.165, 1.54) is 41.0 Å². The number of hydrogen-bond donors (Lipinski definition) is 2. The number of halogens is 1. The van der Waals surface area contributed by atoms with E-state index in [-0.39, 0.29) is 16.5 Å². The molecule has 2 aromatic rings. The van der Waals surface area contributed by atoms with Crippen LogP contribution in [0.1, 0.15) is 59.8 Å². The van der Waals surface area contributed by atoms with Crippen LogP contribution in [0.4, 0.5) is 4.39 Å². The molecule has 4 nitrogen and oxygen atoms in total. The number of carboxylic acids is 1. The highest BCUT2D eigenvalue weighted by Crippen LogP contribution is 2.39. The number of aromatic carboxylic acids is 1. The SMILES string of the molecule is CC1=CCC(C)(C)c2cc(C(C=Cc3ccc(C(=O)O)cc3F)=NO)ccc21. The highest BCUT2D eigenvalue weighted by molar-refractivity contribution is 6.10. The first-order valence-electron chi connectivity index (χ1n) is 8.98. The van der Waals surface area contributed by atoms with Gasteiger partial charge in [0.25, 0.3) is 0 Å². The average molecular weight is 379 g/mol. The van der Waals surface area contributed by atoms with Crippen LogP contribution in [0.15, 0.2) is 53.7 Å². The number of hydrogen-bond acceptors (Lipinski definition) is 3. The Kier molecular flexibility index (Phi) is 5.18. The number of rotatable bonds is 4. The maximum Gasteiger partial charge on any atom is 0.335 e. The van der Waals surface area contributed by atoms with Crippen LogP contribution in [0.3, 0.4) is 0 Å². The molecule has 0 heterocycles. The Balaban J connectivity index is 1.94. The lowest BCUT2D eigenvalue weighted by molar-refractivity contribution is 0.0696. The first-order valence-corrected chi connectivity index (χ1v) is 8.98. The van der Waals surface area contributed by atoms with Gasteiger partial charge in [-0.2, -0.15) is 0 Å². The van der Waals surface area contributed by atoms with Crippen LogP contribution in [0.5, 0.6) is 0 Å². The summed E-state index contributed by atoms with van der Waals surface area (Å²) >= 11 is 0. The van der Waals surface area contributed by atoms with Crippen molar-refractivity contribution in [3.05, 3.63) is 82.2 Å². The fraction of sp³-hybridized carbons (Fsp3) is 0.217. The fourth-order valence-electron chi connectivity index (χ4n) is 3.39. The van der Waals surface area contributed by atoms with E-state index in [0.717, 1.165) is 18.1 Å². The predicted molar refractivity (Wildman–Crippen MR) is 108 cm³/mol. The molecule has 2 aromatic carbocycles. The molecule has 5 heteroatoms. The van der Waals surface area contributed by atoms with Crippen molar-refractivity contribution >= 4 is 23.3 Å². The van der Waals surface area contributed by atoms with Gasteiger partial charge in [0.05, 0.1) is 5.56 Å². The molecule has 1 aliphatic rings. The molecule has 0 fully saturated rings. The summed E-state index contributed by atoms with van der Waals surface area (Å²) in [6.45, 7) is 6.42. The summed E-state index contributed by atoms with van der Waals surface area (Å²) in [4.78, 5) is 10.9. The second-order valence-electron chi connectivity index (χ2n) is 7.60. The predicted octanol–water partition coefficient (Wildman–Crippen LogP) is 5.50. The van der Waals surface area contributed by atoms with Crippen molar-refractivity contribution in [2.45, 2.75) is 32.6 Å². The summed E-state index contributed by atoms with van der Waals surface area (Å²) in [7, 11) is 0. The largest absolute Gasteiger partial charge is 0.478 e. The van der Waals surface area contributed by atoms with E-state index < -0.39 is 11.8 Å². The van der Waals surface area contributed by atoms with Crippen molar-refractivity contribution in [2.75, 3.05) is 0 Å². The minimum Gasteiger partial charge on any atom is -0.478 e. The van der Waals surface area contributed by atoms with Crippen LogP contribution in [-0.2, 0) is 5.41 Å². The lowest BCUT2D eigenvalue weighted by Gasteiger charge is -2.31. The zero-order chi connectivity index (χ0) is 20.5. The molecule has 0 aromatic heterocycles. The number of allylic oxidation sites excluding steroid dienone is 3. The van der Waals surface area contributed by atoms with Crippen molar-refractivity contribution in [2.24, 2.45) is 5.16 Å². The molecule has 0 radical (unpaired) electrons. The molecule has 2 N–H and O–H groups in total. The number of nitrogens with zero attached hydrogens (tertiary/aromatic N) is 1. The molecular formula is C23H22FNO3. The molecule has 28 heavy (non-hydrogen) atoms. The van der Waals surface area contributed by atoms with Crippen LogP contribution in [0.2, 0.25) is 0 Å². The van der Waals surface area contributed by atoms with Crippen LogP contribution in [0, 0.1) is 5.82 Å². The van der Waals surface area contributed by atoms with Gasteiger partial charge in [0.2, 0.25) is 0 Å². The lowest BCUT2D eigenvalue weighted by Crippen LogP contribution is -2.21. The number of carbonyl (C=O) groups is 1. The van der Waals surface area contributed by atoms with E-state index in [2.05, 4.69) is 32.0 Å². The molecule has 0 aliphatic heterocycles. The highest BCUT2D eigenvalue weighted by Gasteiger charge is 2.27. The normalized spacial score (nSPS) is 16.0. The summed E-state index contributed by atoms with van der Waals surface area (Å²) in [5, 5.41) is 21.8. The van der Waals surface area contributed by atoms with Gasteiger partial charge < -0.3 is 10.3 Å². The third-order valence-corrected chi connectivity index (χ3v) is 5.16. The Morgan fingerprint density at radius 1 is 1.18 bits per heavy atom. The fourth-order valence-corrected chi connectivity index (χ4v) is 3.39. The van der Waals surface area contributed by atoms with Gasteiger partial charge in [0, 0.05) is 11.1 Å². The molecule has 0 spiro atoms. The smallest absolute Gasteiger partial charge is 0.335 e. The molecule has 0 bridgehead atoms. The number of oxime groups is 1. The topological polar surface area (TPSA) is 69.9 Å². The summed E-state index contributed by atoms with van der Waals surface area (Å²) in [6, 6.07) is 9.58. The van der Waals surface area contributed by atoms with Crippen LogP contribution < -0.4 is 0 Å². The molecule has 0 amide bonds. The zero-order valence-electron chi connectivity index (χ0n) is 16.0. The summed E-state index contributed by atoms with van der Waals surface area (Å²) in [5.74, 6) is -1.84. The molecule has 144 valence electrons. The average Bonchev–Trinajstić information content (AvgIpc) is 2.66. The van der Waals surface area contributed by atoms with Gasteiger partial charge in [-0.15, -0.1) is 0 Å². The van der Waals surface area contributed by atoms with Crippen LogP contribution >= 0.6 is 0 Å². The van der Waals surface area contributed by atoms with Gasteiger partial charge in [0.15, 0.2) is 0 Å². The van der Waals surface area contributed by atoms with Gasteiger partial charge in [0.1, 0.15) is 11.5 Å². The first kappa shape index (κ1) is 19.5. The van der Waals surface area contributed by atoms with E-state index in [1.807, 2.05) is 18.2 Å². The standard InChI is InChI=1S/C23H22FNO3/c1-14-10-11-23(2,3)19-12-16(6-8-18(14)19)21(25-28)9-7-15-4-5-17(22(26)27)13-20(15)24/h4-10,12-13,28H,11H2,1-3H3,(H,26,27). The zero-order valence-corrected chi connectivity index (χ0v) is 16.0. The summed E-state index contributed by atoms with van der Waals surface area (Å²) in [5.41, 5.74) is 4.66. The van der Waals surface area contributed by atoms with Crippen LogP contribution in [0.25, 0.3) is 11.6 Å². The van der Waals surface area contributed by atoms with Gasteiger partial charge in [-0.3, -0.25) is 0 Å². The third kappa shape index (κ3) is 3.74. The van der Waals surface area contributed by atoms with E-state index in [1.54, 1.807) is 0 Å². The molecule has 3 rings (SSSR count). The van der Waals surface area contributed by atoms with Crippen molar-refractivity contribution in [1.82, 2.24) is 0 Å². The summed E-state index contributed by atoms with van der Waals surface area (Å²) in [6.07, 6.45) is 6.13. The monoisotopic (exact) mass is 379 g/mol. The molecule has 0 atom stereocenters. The Labute approximate surface area is 163 Å². The van der Waals surface area contributed by atoms with Crippen molar-refractivity contribution in [1.29, 1.82) is 0 Å². The Morgan fingerprint density at radius 2 is 1.89 bits per heavy atom. The van der Waals surface area contributed by atoms with E-state index in [0.29, 0.717) is 5.71 Å². The van der Waals surface area contributed by atoms with Gasteiger partial charge in [-0.1, -0.05) is 43.3 Å². The lowest BCUT2D eigenvalue weighted by atomic mass is 9.73. The first-order chi connectivity index (χ1) is 13.2. The Bertz CT molecular complexity index is 1030. The minimum atomic E-state index is -1.19. The molecule has 0 saturated heterocycles. The summed E-state index contributed by atoms with van der Waals surface area (Å²) < 4.78 is 14.1. The Morgan fingerprint density at radius 3 is 2.54 bits per heavy atom. The Hall–Kier alpha value is -3.21. The number of carboxylic acid groups (broad SMARTS) is 1. The van der Waals surface area contributed by atoms with E-state index in [9.17, 15) is 14.4 Å². The highest BCUT2D eigenvalue weighted by atomic mass is 19.1. The van der Waals surface area contributed by atoms with Crippen LogP contribution in [-0.4, -0.2) is 22.0 Å². The second-order valence-corrected chi connectivity index (χ2v) is 7.60. The van der Waals surface area contributed by atoms with Crippen molar-refractivity contribution < 1.29 is 19.5 Å². The molecule has 1 aliphatic carbocycles. The third-order valence-electron chi connectivity index (χ3n) is 5.16. The number of benzene rings is 2. The second kappa shape index (κ2) is 7.43. The van der Waals surface area contributed by atoms with Gasteiger partial charge >= 0.3 is 5.97 Å². The quantitative estimate of drug-likeness (QED) is 0.419. The van der Waals surface area contributed by atoms with Crippen molar-refractivity contribution in [3.63, 3.8) is 0 Å². The minimum absolute atomic E-state index is 0.0338. The van der Waals surface area contributed by atoms with Crippen molar-refractivity contribution in [3.8, 4) is 0 Å². The molecule has 0 unspecified atom stereocenters. The molecule has 0 saturated carbocycles. The number of fused-ring (bicyclic) bond motifs is 1.